The molecule has 0 aliphatic carbocycles. The van der Waals surface area contributed by atoms with Crippen molar-refractivity contribution in [3.63, 3.8) is 0 Å². The molecule has 0 spiro atoms. The molecule has 0 bridgehead atoms. The van der Waals surface area contributed by atoms with E-state index in [0.717, 1.165) is 16.5 Å². The molecule has 148 valence electrons. The van der Waals surface area contributed by atoms with Gasteiger partial charge in [-0.3, -0.25) is 4.79 Å². The maximum atomic E-state index is 12.0. The number of hydrogen-bond acceptors (Lipinski definition) is 5. The molecule has 2 N–H and O–H groups in total. The van der Waals surface area contributed by atoms with E-state index in [4.69, 9.17) is 14.7 Å². The lowest BCUT2D eigenvalue weighted by atomic mass is 10.1. The molecule has 1 atom stereocenters. The number of nitrogens with one attached hydrogen (secondary N) is 2. The zero-order valence-electron chi connectivity index (χ0n) is 16.0. The fraction of sp³-hybridized carbons (Fsp3) is 0.227. The Morgan fingerprint density at radius 2 is 1.93 bits per heavy atom. The number of aromatic nitrogens is 1. The summed E-state index contributed by atoms with van der Waals surface area (Å²) in [5.41, 5.74) is 2.67. The van der Waals surface area contributed by atoms with Crippen LogP contribution in [0.2, 0.25) is 0 Å². The molecule has 3 aromatic rings. The monoisotopic (exact) mass is 391 g/mol. The first-order valence-corrected chi connectivity index (χ1v) is 9.22. The number of nitriles is 1. The topological polar surface area (TPSA) is 104 Å². The fourth-order valence-electron chi connectivity index (χ4n) is 2.84. The Labute approximate surface area is 168 Å². The highest BCUT2D eigenvalue weighted by Gasteiger charge is 2.17. The molecule has 1 amide bonds. The maximum Gasteiger partial charge on any atom is 0.347 e. The van der Waals surface area contributed by atoms with Crippen LogP contribution in [-0.4, -0.2) is 36.1 Å². The Morgan fingerprint density at radius 3 is 2.69 bits per heavy atom. The number of hydrogen-bond donors (Lipinski definition) is 2. The molecule has 1 heterocycles. The lowest BCUT2D eigenvalue weighted by Gasteiger charge is -2.14. The molecule has 0 radical (unpaired) electrons. The number of para-hydroxylation sites is 1. The van der Waals surface area contributed by atoms with Crippen molar-refractivity contribution < 1.29 is 19.1 Å². The summed E-state index contributed by atoms with van der Waals surface area (Å²) in [6.45, 7) is 1.61. The van der Waals surface area contributed by atoms with Gasteiger partial charge in [0.05, 0.1) is 11.6 Å². The Hall–Kier alpha value is -3.79. The second-order valence-corrected chi connectivity index (χ2v) is 6.46. The molecule has 1 aromatic heterocycles. The van der Waals surface area contributed by atoms with Gasteiger partial charge >= 0.3 is 5.97 Å². The number of carbonyl (C=O) groups is 2. The van der Waals surface area contributed by atoms with Crippen molar-refractivity contribution in [2.24, 2.45) is 0 Å². The zero-order valence-corrected chi connectivity index (χ0v) is 16.0. The fourth-order valence-corrected chi connectivity index (χ4v) is 2.84. The number of ether oxygens (including phenoxy) is 2. The Balaban J connectivity index is 1.39. The highest BCUT2D eigenvalue weighted by atomic mass is 16.6. The molecule has 29 heavy (non-hydrogen) atoms. The van der Waals surface area contributed by atoms with Crippen LogP contribution >= 0.6 is 0 Å². The third kappa shape index (κ3) is 5.36. The molecule has 0 unspecified atom stereocenters. The first-order valence-electron chi connectivity index (χ1n) is 9.22. The number of amides is 1. The maximum absolute atomic E-state index is 12.0. The molecule has 0 saturated heterocycles. The van der Waals surface area contributed by atoms with E-state index in [9.17, 15) is 9.59 Å². The smallest absolute Gasteiger partial charge is 0.347 e. The minimum atomic E-state index is -0.873. The summed E-state index contributed by atoms with van der Waals surface area (Å²) in [5.74, 6) is -0.568. The Kier molecular flexibility index (Phi) is 6.48. The minimum absolute atomic E-state index is 0.367. The van der Waals surface area contributed by atoms with Crippen molar-refractivity contribution in [2.75, 3.05) is 13.2 Å². The molecule has 0 aliphatic heterocycles. The average Bonchev–Trinajstić information content (AvgIpc) is 3.15. The van der Waals surface area contributed by atoms with Crippen LogP contribution in [0.4, 0.5) is 0 Å². The van der Waals surface area contributed by atoms with E-state index >= 15 is 0 Å². The van der Waals surface area contributed by atoms with E-state index < -0.39 is 12.1 Å². The predicted molar refractivity (Wildman–Crippen MR) is 107 cm³/mol. The predicted octanol–water partition coefficient (Wildman–Crippen LogP) is 2.71. The van der Waals surface area contributed by atoms with Crippen LogP contribution in [0.25, 0.3) is 10.9 Å². The van der Waals surface area contributed by atoms with E-state index in [1.165, 1.54) is 6.92 Å². The van der Waals surface area contributed by atoms with Gasteiger partial charge in [-0.25, -0.2) is 4.79 Å². The van der Waals surface area contributed by atoms with Crippen LogP contribution in [0.15, 0.2) is 54.7 Å². The van der Waals surface area contributed by atoms with Crippen molar-refractivity contribution in [1.82, 2.24) is 10.3 Å². The van der Waals surface area contributed by atoms with Gasteiger partial charge in [0, 0.05) is 23.6 Å². The van der Waals surface area contributed by atoms with E-state index in [1.54, 1.807) is 24.3 Å². The minimum Gasteiger partial charge on any atom is -0.479 e. The normalized spacial score (nSPS) is 11.4. The average molecular weight is 391 g/mol. The van der Waals surface area contributed by atoms with E-state index in [-0.39, 0.29) is 12.5 Å². The molecular weight excluding hydrogens is 370 g/mol. The number of benzene rings is 2. The molecule has 0 aliphatic rings. The quantitative estimate of drug-likeness (QED) is 0.575. The van der Waals surface area contributed by atoms with Crippen LogP contribution in [0.1, 0.15) is 18.1 Å². The summed E-state index contributed by atoms with van der Waals surface area (Å²) in [6.07, 6.45) is 1.72. The summed E-state index contributed by atoms with van der Waals surface area (Å²) in [6, 6.07) is 16.3. The summed E-state index contributed by atoms with van der Waals surface area (Å²) in [7, 11) is 0. The molecule has 3 rings (SSSR count). The Bertz CT molecular complexity index is 1030. The number of nitrogens with zero attached hydrogens (tertiary/aromatic N) is 1. The van der Waals surface area contributed by atoms with E-state index in [0.29, 0.717) is 24.3 Å². The summed E-state index contributed by atoms with van der Waals surface area (Å²) in [4.78, 5) is 27.1. The van der Waals surface area contributed by atoms with Crippen molar-refractivity contribution in [3.05, 3.63) is 65.9 Å². The number of aromatic amines is 1. The van der Waals surface area contributed by atoms with Gasteiger partial charge in [-0.2, -0.15) is 5.26 Å². The van der Waals surface area contributed by atoms with Crippen LogP contribution in [0, 0.1) is 11.3 Å². The first kappa shape index (κ1) is 20.0. The molecule has 0 saturated carbocycles. The molecular formula is C22H21N3O4. The van der Waals surface area contributed by atoms with Crippen LogP contribution in [0.3, 0.4) is 0 Å². The van der Waals surface area contributed by atoms with Gasteiger partial charge in [0.2, 0.25) is 0 Å². The van der Waals surface area contributed by atoms with E-state index in [2.05, 4.69) is 10.3 Å². The lowest BCUT2D eigenvalue weighted by Crippen LogP contribution is -2.33. The molecule has 0 fully saturated rings. The first-order chi connectivity index (χ1) is 14.1. The third-order valence-corrected chi connectivity index (χ3v) is 4.37. The molecule has 2 aromatic carbocycles. The van der Waals surface area contributed by atoms with Gasteiger partial charge in [-0.05, 0) is 49.2 Å². The lowest BCUT2D eigenvalue weighted by molar-refractivity contribution is -0.154. The molecule has 7 heteroatoms. The largest absolute Gasteiger partial charge is 0.479 e. The van der Waals surface area contributed by atoms with Gasteiger partial charge < -0.3 is 19.8 Å². The highest BCUT2D eigenvalue weighted by Crippen LogP contribution is 2.17. The Morgan fingerprint density at radius 1 is 1.17 bits per heavy atom. The van der Waals surface area contributed by atoms with Crippen LogP contribution < -0.4 is 10.1 Å². The second kappa shape index (κ2) is 9.42. The van der Waals surface area contributed by atoms with Crippen molar-refractivity contribution in [3.8, 4) is 11.8 Å². The SMILES string of the molecule is C[C@H](Oc1ccc(C#N)cc1)C(=O)OCC(=O)NCCc1c[nH]c2ccccc12. The molecule has 7 nitrogen and oxygen atoms in total. The van der Waals surface area contributed by atoms with Gasteiger partial charge in [0.15, 0.2) is 12.7 Å². The third-order valence-electron chi connectivity index (χ3n) is 4.37. The summed E-state index contributed by atoms with van der Waals surface area (Å²) < 4.78 is 10.5. The standard InChI is InChI=1S/C22H21N3O4/c1-15(29-18-8-6-16(12-23)7-9-18)22(27)28-14-21(26)24-11-10-17-13-25-20-5-3-2-4-19(17)20/h2-9,13,15,25H,10-11,14H2,1H3,(H,24,26)/t15-/m0/s1. The van der Waals surface area contributed by atoms with Crippen LogP contribution in [0.5, 0.6) is 5.75 Å². The van der Waals surface area contributed by atoms with Gasteiger partial charge in [0.25, 0.3) is 5.91 Å². The number of H-pyrrole nitrogens is 1. The number of fused-ring (bicyclic) bond motifs is 1. The van der Waals surface area contributed by atoms with Gasteiger partial charge in [-0.1, -0.05) is 18.2 Å². The van der Waals surface area contributed by atoms with Gasteiger partial charge in [0.1, 0.15) is 5.75 Å². The number of esters is 1. The van der Waals surface area contributed by atoms with Crippen molar-refractivity contribution in [1.29, 1.82) is 5.26 Å². The summed E-state index contributed by atoms with van der Waals surface area (Å²) >= 11 is 0. The number of carbonyl (C=O) groups excluding carboxylic acids is 2. The van der Waals surface area contributed by atoms with E-state index in [1.807, 2.05) is 36.5 Å². The second-order valence-electron chi connectivity index (χ2n) is 6.46. The highest BCUT2D eigenvalue weighted by molar-refractivity contribution is 5.83. The van der Waals surface area contributed by atoms with Crippen molar-refractivity contribution >= 4 is 22.8 Å². The zero-order chi connectivity index (χ0) is 20.6. The van der Waals surface area contributed by atoms with Gasteiger partial charge in [-0.15, -0.1) is 0 Å². The van der Waals surface area contributed by atoms with Crippen LogP contribution in [-0.2, 0) is 20.7 Å². The number of rotatable bonds is 8. The summed E-state index contributed by atoms with van der Waals surface area (Å²) in [5, 5.41) is 12.6. The van der Waals surface area contributed by atoms with Crippen molar-refractivity contribution in [2.45, 2.75) is 19.4 Å².